The van der Waals surface area contributed by atoms with Crippen LogP contribution in [0.25, 0.3) is 0 Å². The van der Waals surface area contributed by atoms with Crippen LogP contribution in [0.15, 0.2) is 72.9 Å². The van der Waals surface area contributed by atoms with Gasteiger partial charge in [-0.05, 0) is 37.6 Å². The van der Waals surface area contributed by atoms with Crippen LogP contribution < -0.4 is 14.2 Å². The van der Waals surface area contributed by atoms with E-state index < -0.39 is 36.0 Å². The highest BCUT2D eigenvalue weighted by atomic mass is 16.6. The van der Waals surface area contributed by atoms with Crippen molar-refractivity contribution >= 4 is 11.8 Å². The number of esters is 1. The standard InChI is InChI=1S/C29H33NO7/c1-5-24(36-21-12-8-6-9-13-21)28(37-22-14-10-7-11-15-22)20(3)35-29(33)19(2)18-23(31)26-27(32)25(34-4)16-17-30-26/h6-17,19-20,24,28,32H,5,18H2,1-4H3/t19-,20+,24+,28+/m1/s1. The number of rotatable bonds is 13. The Morgan fingerprint density at radius 3 is 2.08 bits per heavy atom. The van der Waals surface area contributed by atoms with Gasteiger partial charge >= 0.3 is 5.97 Å². The fourth-order valence-corrected chi connectivity index (χ4v) is 3.82. The van der Waals surface area contributed by atoms with E-state index in [0.29, 0.717) is 17.9 Å². The van der Waals surface area contributed by atoms with E-state index in [1.807, 2.05) is 67.6 Å². The first-order valence-corrected chi connectivity index (χ1v) is 12.2. The zero-order valence-corrected chi connectivity index (χ0v) is 21.5. The first kappa shape index (κ1) is 27.5. The summed E-state index contributed by atoms with van der Waals surface area (Å²) in [6.07, 6.45) is 0.0377. The predicted molar refractivity (Wildman–Crippen MR) is 138 cm³/mol. The maximum absolute atomic E-state index is 13.0. The predicted octanol–water partition coefficient (Wildman–Crippen LogP) is 5.24. The van der Waals surface area contributed by atoms with Gasteiger partial charge in [0.1, 0.15) is 23.7 Å². The first-order chi connectivity index (χ1) is 17.8. The minimum atomic E-state index is -0.783. The normalized spacial score (nSPS) is 14.1. The van der Waals surface area contributed by atoms with E-state index in [4.69, 9.17) is 18.9 Å². The van der Waals surface area contributed by atoms with Crippen LogP contribution in [-0.2, 0) is 9.53 Å². The number of benzene rings is 2. The maximum atomic E-state index is 13.0. The quantitative estimate of drug-likeness (QED) is 0.247. The minimum Gasteiger partial charge on any atom is -0.503 e. The summed E-state index contributed by atoms with van der Waals surface area (Å²) in [5.74, 6) is -0.776. The first-order valence-electron chi connectivity index (χ1n) is 12.2. The second kappa shape index (κ2) is 13.3. The molecule has 37 heavy (non-hydrogen) atoms. The van der Waals surface area contributed by atoms with Crippen LogP contribution in [0.3, 0.4) is 0 Å². The molecule has 8 nitrogen and oxygen atoms in total. The zero-order chi connectivity index (χ0) is 26.8. The molecule has 0 radical (unpaired) electrons. The molecule has 0 fully saturated rings. The number of aromatic hydroxyl groups is 1. The molecule has 0 aliphatic carbocycles. The zero-order valence-electron chi connectivity index (χ0n) is 21.5. The van der Waals surface area contributed by atoms with Gasteiger partial charge in [0, 0.05) is 18.7 Å². The third kappa shape index (κ3) is 7.46. The van der Waals surface area contributed by atoms with Crippen molar-refractivity contribution in [1.82, 2.24) is 4.98 Å². The Balaban J connectivity index is 1.72. The van der Waals surface area contributed by atoms with E-state index in [1.54, 1.807) is 13.8 Å². The number of hydrogen-bond donors (Lipinski definition) is 1. The van der Waals surface area contributed by atoms with Crippen LogP contribution in [0, 0.1) is 5.92 Å². The number of ether oxygens (including phenoxy) is 4. The van der Waals surface area contributed by atoms with Gasteiger partial charge in [0.05, 0.1) is 13.0 Å². The fourth-order valence-electron chi connectivity index (χ4n) is 3.82. The van der Waals surface area contributed by atoms with Crippen molar-refractivity contribution in [3.05, 3.63) is 78.6 Å². The third-order valence-electron chi connectivity index (χ3n) is 5.84. The molecule has 2 aromatic carbocycles. The Bertz CT molecular complexity index is 1150. The number of aromatic nitrogens is 1. The summed E-state index contributed by atoms with van der Waals surface area (Å²) in [6.45, 7) is 5.31. The minimum absolute atomic E-state index is 0.132. The summed E-state index contributed by atoms with van der Waals surface area (Å²) >= 11 is 0. The average molecular weight is 508 g/mol. The Hall–Kier alpha value is -4.07. The summed E-state index contributed by atoms with van der Waals surface area (Å²) in [4.78, 5) is 29.7. The van der Waals surface area contributed by atoms with Gasteiger partial charge in [-0.25, -0.2) is 4.98 Å². The van der Waals surface area contributed by atoms with Crippen LogP contribution >= 0.6 is 0 Å². The van der Waals surface area contributed by atoms with Crippen molar-refractivity contribution in [2.24, 2.45) is 5.92 Å². The van der Waals surface area contributed by atoms with E-state index in [2.05, 4.69) is 4.98 Å². The van der Waals surface area contributed by atoms with E-state index in [9.17, 15) is 14.7 Å². The lowest BCUT2D eigenvalue weighted by atomic mass is 10.0. The maximum Gasteiger partial charge on any atom is 0.309 e. The van der Waals surface area contributed by atoms with Crippen LogP contribution in [-0.4, -0.2) is 47.3 Å². The van der Waals surface area contributed by atoms with Crippen LogP contribution in [0.1, 0.15) is 44.1 Å². The number of carbonyl (C=O) groups excluding carboxylic acids is 2. The number of para-hydroxylation sites is 2. The molecule has 3 aromatic rings. The van der Waals surface area contributed by atoms with Gasteiger partial charge in [0.15, 0.2) is 29.1 Å². The number of pyridine rings is 1. The molecule has 0 unspecified atom stereocenters. The second-order valence-corrected chi connectivity index (χ2v) is 8.65. The molecule has 0 bridgehead atoms. The molecule has 8 heteroatoms. The molecule has 196 valence electrons. The number of carbonyl (C=O) groups is 2. The molecule has 1 aromatic heterocycles. The Morgan fingerprint density at radius 2 is 1.51 bits per heavy atom. The van der Waals surface area contributed by atoms with Gasteiger partial charge in [-0.1, -0.05) is 50.2 Å². The number of methoxy groups -OCH3 is 1. The van der Waals surface area contributed by atoms with E-state index in [1.165, 1.54) is 19.4 Å². The SMILES string of the molecule is CC[C@H](Oc1ccccc1)[C@@H](Oc1ccccc1)[C@H](C)OC(=O)[C@H](C)CC(=O)c1nccc(OC)c1O. The molecular formula is C29H33NO7. The van der Waals surface area contributed by atoms with E-state index in [-0.39, 0.29) is 23.6 Å². The van der Waals surface area contributed by atoms with Crippen molar-refractivity contribution < 1.29 is 33.6 Å². The van der Waals surface area contributed by atoms with Crippen molar-refractivity contribution in [3.8, 4) is 23.0 Å². The molecule has 0 amide bonds. The Morgan fingerprint density at radius 1 is 0.919 bits per heavy atom. The van der Waals surface area contributed by atoms with Crippen LogP contribution in [0.4, 0.5) is 0 Å². The number of nitrogens with zero attached hydrogens (tertiary/aromatic N) is 1. The third-order valence-corrected chi connectivity index (χ3v) is 5.84. The van der Waals surface area contributed by atoms with Gasteiger partial charge < -0.3 is 24.1 Å². The molecule has 0 saturated carbocycles. The largest absolute Gasteiger partial charge is 0.503 e. The Kier molecular flexibility index (Phi) is 9.89. The van der Waals surface area contributed by atoms with E-state index in [0.717, 1.165) is 0 Å². The molecule has 4 atom stereocenters. The lowest BCUT2D eigenvalue weighted by Crippen LogP contribution is -2.46. The lowest BCUT2D eigenvalue weighted by Gasteiger charge is -2.32. The van der Waals surface area contributed by atoms with Gasteiger partial charge in [-0.15, -0.1) is 0 Å². The lowest BCUT2D eigenvalue weighted by molar-refractivity contribution is -0.160. The molecule has 0 aliphatic heterocycles. The smallest absolute Gasteiger partial charge is 0.309 e. The Labute approximate surface area is 217 Å². The molecule has 3 rings (SSSR count). The summed E-state index contributed by atoms with van der Waals surface area (Å²) < 4.78 is 23.3. The summed E-state index contributed by atoms with van der Waals surface area (Å²) in [7, 11) is 1.38. The molecule has 0 aliphatic rings. The summed E-state index contributed by atoms with van der Waals surface area (Å²) in [6, 6.07) is 20.1. The second-order valence-electron chi connectivity index (χ2n) is 8.65. The molecule has 0 saturated heterocycles. The summed E-state index contributed by atoms with van der Waals surface area (Å²) in [5, 5.41) is 10.2. The van der Waals surface area contributed by atoms with Crippen molar-refractivity contribution in [1.29, 1.82) is 0 Å². The highest BCUT2D eigenvalue weighted by Gasteiger charge is 2.34. The number of ketones is 1. The summed E-state index contributed by atoms with van der Waals surface area (Å²) in [5.41, 5.74) is -0.153. The molecular weight excluding hydrogens is 474 g/mol. The van der Waals surface area contributed by atoms with Gasteiger partial charge in [0.2, 0.25) is 0 Å². The topological polar surface area (TPSA) is 104 Å². The molecule has 1 heterocycles. The van der Waals surface area contributed by atoms with E-state index >= 15 is 0 Å². The van der Waals surface area contributed by atoms with Crippen LogP contribution in [0.2, 0.25) is 0 Å². The number of Topliss-reactive ketones (excluding diaryl/α,β-unsaturated/α-hetero) is 1. The van der Waals surface area contributed by atoms with Gasteiger partial charge in [0.25, 0.3) is 0 Å². The molecule has 1 N–H and O–H groups in total. The monoisotopic (exact) mass is 507 g/mol. The van der Waals surface area contributed by atoms with Crippen molar-refractivity contribution in [2.75, 3.05) is 7.11 Å². The highest BCUT2D eigenvalue weighted by Crippen LogP contribution is 2.29. The highest BCUT2D eigenvalue weighted by molar-refractivity contribution is 5.99. The van der Waals surface area contributed by atoms with Gasteiger partial charge in [-0.2, -0.15) is 0 Å². The van der Waals surface area contributed by atoms with Crippen molar-refractivity contribution in [3.63, 3.8) is 0 Å². The molecule has 0 spiro atoms. The van der Waals surface area contributed by atoms with Crippen LogP contribution in [0.5, 0.6) is 23.0 Å². The fraction of sp³-hybridized carbons (Fsp3) is 0.345. The number of hydrogen-bond acceptors (Lipinski definition) is 8. The average Bonchev–Trinajstić information content (AvgIpc) is 2.91. The van der Waals surface area contributed by atoms with Crippen molar-refractivity contribution in [2.45, 2.75) is 51.9 Å². The van der Waals surface area contributed by atoms with Gasteiger partial charge in [-0.3, -0.25) is 9.59 Å².